The molecule has 2 N–H and O–H groups in total. The van der Waals surface area contributed by atoms with Crippen LogP contribution in [-0.2, 0) is 22.6 Å². The molecule has 0 radical (unpaired) electrons. The first-order valence-electron chi connectivity index (χ1n) is 11.8. The van der Waals surface area contributed by atoms with Gasteiger partial charge in [-0.2, -0.15) is 4.98 Å². The van der Waals surface area contributed by atoms with E-state index in [0.717, 1.165) is 37.8 Å². The molecular formula is C24H28N6O3S. The Hall–Kier alpha value is -3.27. The van der Waals surface area contributed by atoms with E-state index in [9.17, 15) is 14.4 Å². The maximum atomic E-state index is 13.1. The highest BCUT2D eigenvalue weighted by atomic mass is 32.1. The minimum atomic E-state index is -0.270. The molecule has 5 rings (SSSR count). The number of thiazole rings is 1. The molecule has 3 heterocycles. The average Bonchev–Trinajstić information content (AvgIpc) is 3.46. The molecule has 2 amide bonds. The van der Waals surface area contributed by atoms with Crippen LogP contribution < -0.4 is 21.1 Å². The number of carbonyl (C=O) groups is 2. The molecule has 3 aromatic rings. The monoisotopic (exact) mass is 480 g/mol. The molecular weight excluding hydrogens is 452 g/mol. The highest BCUT2D eigenvalue weighted by Crippen LogP contribution is 2.31. The van der Waals surface area contributed by atoms with Crippen LogP contribution in [0.25, 0.3) is 10.3 Å². The fourth-order valence-corrected chi connectivity index (χ4v) is 5.87. The smallest absolute Gasteiger partial charge is 0.273 e. The van der Waals surface area contributed by atoms with Gasteiger partial charge in [0, 0.05) is 19.6 Å². The molecule has 1 fully saturated rings. The maximum absolute atomic E-state index is 13.1. The van der Waals surface area contributed by atoms with Gasteiger partial charge in [-0.1, -0.05) is 35.6 Å². The van der Waals surface area contributed by atoms with Gasteiger partial charge >= 0.3 is 0 Å². The highest BCUT2D eigenvalue weighted by molar-refractivity contribution is 7.22. The van der Waals surface area contributed by atoms with E-state index in [2.05, 4.69) is 31.6 Å². The zero-order chi connectivity index (χ0) is 23.7. The van der Waals surface area contributed by atoms with Crippen LogP contribution in [0.5, 0.6) is 0 Å². The van der Waals surface area contributed by atoms with Gasteiger partial charge in [0.1, 0.15) is 17.6 Å². The fraction of sp³-hybridized carbons (Fsp3) is 0.458. The number of nitrogens with zero attached hydrogens (tertiary/aromatic N) is 4. The van der Waals surface area contributed by atoms with E-state index >= 15 is 0 Å². The molecule has 0 spiro atoms. The molecule has 10 heteroatoms. The van der Waals surface area contributed by atoms with Crippen molar-refractivity contribution < 1.29 is 9.59 Å². The number of aromatic nitrogens is 3. The van der Waals surface area contributed by atoms with E-state index in [4.69, 9.17) is 0 Å². The molecule has 34 heavy (non-hydrogen) atoms. The SMILES string of the molecule is CCNC(=O)[C@H]1CCCN(c2nc3ncn(CC(=O)N[C@@H]4CCc5ccccc54)c(=O)c3s2)C1. The third-order valence-corrected chi connectivity index (χ3v) is 7.66. The topological polar surface area (TPSA) is 109 Å². The van der Waals surface area contributed by atoms with Crippen LogP contribution in [0.2, 0.25) is 0 Å². The van der Waals surface area contributed by atoms with Gasteiger partial charge < -0.3 is 15.5 Å². The van der Waals surface area contributed by atoms with Gasteiger partial charge in [0.05, 0.1) is 12.0 Å². The Bertz CT molecular complexity index is 1290. The second-order valence-electron chi connectivity index (χ2n) is 8.86. The number of aryl methyl sites for hydroxylation is 1. The van der Waals surface area contributed by atoms with E-state index in [0.29, 0.717) is 28.6 Å². The van der Waals surface area contributed by atoms with Crippen LogP contribution in [0, 0.1) is 5.92 Å². The lowest BCUT2D eigenvalue weighted by atomic mass is 9.97. The normalized spacial score (nSPS) is 19.7. The lowest BCUT2D eigenvalue weighted by Gasteiger charge is -2.31. The predicted molar refractivity (Wildman–Crippen MR) is 131 cm³/mol. The minimum absolute atomic E-state index is 0.0249. The quantitative estimate of drug-likeness (QED) is 0.559. The van der Waals surface area contributed by atoms with Crippen LogP contribution >= 0.6 is 11.3 Å². The molecule has 2 atom stereocenters. The van der Waals surface area contributed by atoms with E-state index in [1.165, 1.54) is 27.8 Å². The summed E-state index contributed by atoms with van der Waals surface area (Å²) < 4.78 is 1.77. The van der Waals surface area contributed by atoms with Crippen molar-refractivity contribution >= 4 is 38.6 Å². The zero-order valence-corrected chi connectivity index (χ0v) is 19.9. The summed E-state index contributed by atoms with van der Waals surface area (Å²) in [6.45, 7) is 3.80. The first kappa shape index (κ1) is 22.5. The third kappa shape index (κ3) is 4.42. The van der Waals surface area contributed by atoms with Crippen molar-refractivity contribution in [2.45, 2.75) is 45.2 Å². The Morgan fingerprint density at radius 2 is 2.09 bits per heavy atom. The Morgan fingerprint density at radius 1 is 1.24 bits per heavy atom. The molecule has 1 aliphatic carbocycles. The van der Waals surface area contributed by atoms with Crippen molar-refractivity contribution in [2.24, 2.45) is 5.92 Å². The van der Waals surface area contributed by atoms with Crippen molar-refractivity contribution in [1.82, 2.24) is 25.2 Å². The fourth-order valence-electron chi connectivity index (χ4n) is 4.87. The van der Waals surface area contributed by atoms with Crippen molar-refractivity contribution in [3.05, 3.63) is 52.1 Å². The van der Waals surface area contributed by atoms with E-state index in [1.54, 1.807) is 0 Å². The van der Waals surface area contributed by atoms with Crippen LogP contribution in [0.1, 0.15) is 43.4 Å². The summed E-state index contributed by atoms with van der Waals surface area (Å²) in [6.07, 6.45) is 4.93. The number of nitrogens with one attached hydrogen (secondary N) is 2. The summed E-state index contributed by atoms with van der Waals surface area (Å²) in [5, 5.41) is 6.64. The number of fused-ring (bicyclic) bond motifs is 2. The third-order valence-electron chi connectivity index (χ3n) is 6.57. The maximum Gasteiger partial charge on any atom is 0.273 e. The Kier molecular flexibility index (Phi) is 6.32. The van der Waals surface area contributed by atoms with Crippen molar-refractivity contribution in [2.75, 3.05) is 24.5 Å². The van der Waals surface area contributed by atoms with Gasteiger partial charge in [-0.25, -0.2) is 4.98 Å². The number of anilines is 1. The number of carbonyl (C=O) groups excluding carboxylic acids is 2. The van der Waals surface area contributed by atoms with Gasteiger partial charge in [0.25, 0.3) is 5.56 Å². The highest BCUT2D eigenvalue weighted by Gasteiger charge is 2.28. The predicted octanol–water partition coefficient (Wildman–Crippen LogP) is 2.01. The molecule has 2 aromatic heterocycles. The summed E-state index contributed by atoms with van der Waals surface area (Å²) in [5.74, 6) is -0.241. The summed E-state index contributed by atoms with van der Waals surface area (Å²) in [5.41, 5.74) is 2.52. The van der Waals surface area contributed by atoms with Crippen molar-refractivity contribution in [1.29, 1.82) is 0 Å². The lowest BCUT2D eigenvalue weighted by molar-refractivity contribution is -0.125. The number of piperidine rings is 1. The van der Waals surface area contributed by atoms with Gasteiger partial charge in [-0.3, -0.25) is 19.0 Å². The van der Waals surface area contributed by atoms with Gasteiger partial charge in [-0.15, -0.1) is 0 Å². The molecule has 1 aliphatic heterocycles. The van der Waals surface area contributed by atoms with E-state index in [-0.39, 0.29) is 35.9 Å². The molecule has 2 aliphatic rings. The number of rotatable bonds is 6. The summed E-state index contributed by atoms with van der Waals surface area (Å²) in [4.78, 5) is 49.0. The molecule has 9 nitrogen and oxygen atoms in total. The minimum Gasteiger partial charge on any atom is -0.356 e. The van der Waals surface area contributed by atoms with Gasteiger partial charge in [0.2, 0.25) is 11.8 Å². The van der Waals surface area contributed by atoms with Crippen molar-refractivity contribution in [3.8, 4) is 0 Å². The van der Waals surface area contributed by atoms with Crippen LogP contribution in [0.15, 0.2) is 35.4 Å². The Morgan fingerprint density at radius 3 is 2.94 bits per heavy atom. The Labute approximate surface area is 201 Å². The first-order chi connectivity index (χ1) is 16.5. The van der Waals surface area contributed by atoms with Crippen LogP contribution in [0.4, 0.5) is 5.13 Å². The van der Waals surface area contributed by atoms with E-state index < -0.39 is 0 Å². The first-order valence-corrected chi connectivity index (χ1v) is 12.6. The summed E-state index contributed by atoms with van der Waals surface area (Å²) in [7, 11) is 0. The Balaban J connectivity index is 1.30. The average molecular weight is 481 g/mol. The molecule has 178 valence electrons. The molecule has 0 unspecified atom stereocenters. The van der Waals surface area contributed by atoms with Crippen LogP contribution in [-0.4, -0.2) is 46.0 Å². The largest absolute Gasteiger partial charge is 0.356 e. The second-order valence-corrected chi connectivity index (χ2v) is 9.84. The molecule has 0 bridgehead atoms. The molecule has 1 saturated heterocycles. The summed E-state index contributed by atoms with van der Waals surface area (Å²) >= 11 is 1.28. The second kappa shape index (κ2) is 9.54. The van der Waals surface area contributed by atoms with Crippen LogP contribution in [0.3, 0.4) is 0 Å². The van der Waals surface area contributed by atoms with E-state index in [1.807, 2.05) is 25.1 Å². The molecule has 1 aromatic carbocycles. The number of amides is 2. The number of benzene rings is 1. The summed E-state index contributed by atoms with van der Waals surface area (Å²) in [6, 6.07) is 8.10. The zero-order valence-electron chi connectivity index (χ0n) is 19.1. The van der Waals surface area contributed by atoms with Gasteiger partial charge in [0.15, 0.2) is 10.8 Å². The molecule has 0 saturated carbocycles. The van der Waals surface area contributed by atoms with Crippen molar-refractivity contribution in [3.63, 3.8) is 0 Å². The lowest BCUT2D eigenvalue weighted by Crippen LogP contribution is -2.43. The standard InChI is InChI=1S/C24H28N6O3S/c1-2-25-22(32)16-7-5-11-29(12-16)24-28-21-20(34-24)23(33)30(14-26-21)13-19(31)27-18-10-9-15-6-3-4-8-17(15)18/h3-4,6,8,14,16,18H,2,5,7,9-13H2,1H3,(H,25,32)(H,27,31)/t16-,18+/m0/s1. The number of hydrogen-bond donors (Lipinski definition) is 2. The number of hydrogen-bond acceptors (Lipinski definition) is 7. The van der Waals surface area contributed by atoms with Gasteiger partial charge in [-0.05, 0) is 43.7 Å².